The van der Waals surface area contributed by atoms with Crippen LogP contribution in [0.15, 0.2) is 48.5 Å². The number of thiazole rings is 1. The molecule has 1 N–H and O–H groups in total. The summed E-state index contributed by atoms with van der Waals surface area (Å²) in [5, 5.41) is 3.97. The summed E-state index contributed by atoms with van der Waals surface area (Å²) >= 11 is 1.56. The van der Waals surface area contributed by atoms with Gasteiger partial charge in [0.05, 0.1) is 21.5 Å². The van der Waals surface area contributed by atoms with E-state index in [0.29, 0.717) is 30.3 Å². The highest BCUT2D eigenvalue weighted by Gasteiger charge is 2.54. The van der Waals surface area contributed by atoms with Crippen LogP contribution in [0.5, 0.6) is 5.75 Å². The van der Waals surface area contributed by atoms with E-state index in [1.54, 1.807) is 11.3 Å². The summed E-state index contributed by atoms with van der Waals surface area (Å²) in [6.45, 7) is 4.94. The Morgan fingerprint density at radius 2 is 2.03 bits per heavy atom. The minimum Gasteiger partial charge on any atom is -0.489 e. The fourth-order valence-electron chi connectivity index (χ4n) is 5.38. The summed E-state index contributed by atoms with van der Waals surface area (Å²) < 4.78 is 5.64. The summed E-state index contributed by atoms with van der Waals surface area (Å²) in [7, 11) is 0. The molecule has 1 aliphatic carbocycles. The van der Waals surface area contributed by atoms with Crippen LogP contribution < -0.4 is 10.1 Å². The molecule has 2 fully saturated rings. The van der Waals surface area contributed by atoms with Crippen LogP contribution in [-0.2, 0) is 0 Å². The van der Waals surface area contributed by atoms with Crippen molar-refractivity contribution in [3.8, 4) is 16.2 Å². The Kier molecular flexibility index (Phi) is 5.44. The number of ether oxygens (including phenoxy) is 1. The zero-order valence-electron chi connectivity index (χ0n) is 19.8. The van der Waals surface area contributed by atoms with Crippen molar-refractivity contribution in [3.63, 3.8) is 0 Å². The maximum Gasteiger partial charge on any atom is 0.274 e. The van der Waals surface area contributed by atoms with Crippen molar-refractivity contribution < 1.29 is 14.3 Å². The Bertz CT molecular complexity index is 1360. The molecular formula is C28H27N3O3S. The van der Waals surface area contributed by atoms with Crippen molar-refractivity contribution in [2.24, 2.45) is 5.92 Å². The third kappa shape index (κ3) is 4.04. The Balaban J connectivity index is 1.22. The maximum absolute atomic E-state index is 13.8. The number of fused-ring (bicyclic) bond motifs is 2. The molecule has 3 aliphatic rings. The maximum atomic E-state index is 13.8. The highest BCUT2D eigenvalue weighted by atomic mass is 32.1. The first-order valence-electron chi connectivity index (χ1n) is 12.1. The van der Waals surface area contributed by atoms with Crippen molar-refractivity contribution in [2.45, 2.75) is 38.8 Å². The van der Waals surface area contributed by atoms with Crippen molar-refractivity contribution in [2.75, 3.05) is 13.2 Å². The van der Waals surface area contributed by atoms with Crippen LogP contribution in [-0.4, -0.2) is 46.9 Å². The van der Waals surface area contributed by atoms with Gasteiger partial charge in [-0.05, 0) is 56.4 Å². The number of nitrogens with one attached hydrogen (secondary N) is 1. The number of amides is 2. The molecule has 178 valence electrons. The molecular weight excluding hydrogens is 458 g/mol. The summed E-state index contributed by atoms with van der Waals surface area (Å²) in [6.07, 6.45) is 5.79. The molecule has 1 aromatic heterocycles. The largest absolute Gasteiger partial charge is 0.489 e. The highest BCUT2D eigenvalue weighted by molar-refractivity contribution is 7.15. The van der Waals surface area contributed by atoms with Gasteiger partial charge in [0.1, 0.15) is 18.1 Å². The van der Waals surface area contributed by atoms with Gasteiger partial charge in [0.25, 0.3) is 11.8 Å². The van der Waals surface area contributed by atoms with Gasteiger partial charge >= 0.3 is 0 Å². The molecule has 7 heteroatoms. The first-order chi connectivity index (χ1) is 17.0. The molecule has 3 heterocycles. The summed E-state index contributed by atoms with van der Waals surface area (Å²) in [5.74, 6) is 1.07. The Hall–Kier alpha value is -3.45. The fourth-order valence-corrected chi connectivity index (χ4v) is 6.29. The van der Waals surface area contributed by atoms with Crippen LogP contribution in [0.3, 0.4) is 0 Å². The number of benzene rings is 2. The van der Waals surface area contributed by atoms with E-state index < -0.39 is 0 Å². The predicted octanol–water partition coefficient (Wildman–Crippen LogP) is 4.87. The second-order valence-corrected chi connectivity index (χ2v) is 10.8. The molecule has 6 nitrogen and oxygen atoms in total. The molecule has 0 spiro atoms. The van der Waals surface area contributed by atoms with Gasteiger partial charge < -0.3 is 15.0 Å². The van der Waals surface area contributed by atoms with E-state index in [1.165, 1.54) is 0 Å². The van der Waals surface area contributed by atoms with Gasteiger partial charge in [-0.2, -0.15) is 0 Å². The van der Waals surface area contributed by atoms with E-state index in [2.05, 4.69) is 29.4 Å². The third-order valence-corrected chi connectivity index (χ3v) is 8.11. The molecule has 0 bridgehead atoms. The fraction of sp³-hybridized carbons (Fsp3) is 0.321. The molecule has 1 saturated heterocycles. The van der Waals surface area contributed by atoms with Crippen LogP contribution in [0, 0.1) is 19.8 Å². The van der Waals surface area contributed by atoms with Crippen LogP contribution in [0.2, 0.25) is 0 Å². The number of nitrogens with zero attached hydrogens (tertiary/aromatic N) is 2. The first-order valence-corrected chi connectivity index (χ1v) is 12.9. The van der Waals surface area contributed by atoms with Gasteiger partial charge in [0.15, 0.2) is 0 Å². The lowest BCUT2D eigenvalue weighted by atomic mass is 10.0. The normalized spacial score (nSPS) is 21.8. The second kappa shape index (κ2) is 8.64. The van der Waals surface area contributed by atoms with Crippen molar-refractivity contribution >= 4 is 29.2 Å². The quantitative estimate of drug-likeness (QED) is 0.560. The average Bonchev–Trinajstić information content (AvgIpc) is 3.35. The van der Waals surface area contributed by atoms with Gasteiger partial charge in [-0.15, -0.1) is 11.3 Å². The summed E-state index contributed by atoms with van der Waals surface area (Å²) in [6, 6.07) is 14.0. The molecule has 2 amide bonds. The summed E-state index contributed by atoms with van der Waals surface area (Å²) in [4.78, 5) is 34.5. The zero-order chi connectivity index (χ0) is 24.1. The number of hydrogen-bond acceptors (Lipinski definition) is 5. The first kappa shape index (κ1) is 22.0. The standard InChI is InChI=1S/C28H27N3O3S/c1-16-6-3-7-18(12-16)26-25(30-17(2)35-26)28(33)31-20(13-19-14-23(19)31)15-29-27(32)22-8-4-10-24-21(22)9-5-11-34-24/h3-10,12,19-20,23H,11,13-15H2,1-2H3,(H,29,32)/t19-,20+,23+/m1/s1. The lowest BCUT2D eigenvalue weighted by Crippen LogP contribution is -2.45. The van der Waals surface area contributed by atoms with E-state index in [-0.39, 0.29) is 23.9 Å². The molecule has 6 rings (SSSR count). The molecule has 3 aromatic rings. The number of carbonyl (C=O) groups excluding carboxylic acids is 2. The number of aryl methyl sites for hydroxylation is 2. The van der Waals surface area contributed by atoms with E-state index in [4.69, 9.17) is 4.74 Å². The second-order valence-electron chi connectivity index (χ2n) is 9.59. The highest BCUT2D eigenvalue weighted by Crippen LogP contribution is 2.49. The van der Waals surface area contributed by atoms with E-state index in [9.17, 15) is 9.59 Å². The molecule has 3 atom stereocenters. The van der Waals surface area contributed by atoms with Gasteiger partial charge in [0, 0.05) is 18.2 Å². The molecule has 2 aromatic carbocycles. The Morgan fingerprint density at radius 3 is 2.89 bits per heavy atom. The number of aromatic nitrogens is 1. The van der Waals surface area contributed by atoms with E-state index in [1.807, 2.05) is 54.3 Å². The monoisotopic (exact) mass is 485 g/mol. The lowest BCUT2D eigenvalue weighted by Gasteiger charge is -2.28. The lowest BCUT2D eigenvalue weighted by molar-refractivity contribution is 0.0684. The number of rotatable bonds is 5. The number of piperidine rings is 1. The van der Waals surface area contributed by atoms with Crippen LogP contribution in [0.25, 0.3) is 16.5 Å². The zero-order valence-corrected chi connectivity index (χ0v) is 20.6. The van der Waals surface area contributed by atoms with Gasteiger partial charge in [-0.1, -0.05) is 42.0 Å². The molecule has 35 heavy (non-hydrogen) atoms. The van der Waals surface area contributed by atoms with Gasteiger partial charge in [-0.3, -0.25) is 9.59 Å². The van der Waals surface area contributed by atoms with Crippen molar-refractivity contribution in [1.82, 2.24) is 15.2 Å². The van der Waals surface area contributed by atoms with Gasteiger partial charge in [-0.25, -0.2) is 4.98 Å². The minimum absolute atomic E-state index is 0.0245. The van der Waals surface area contributed by atoms with E-state index in [0.717, 1.165) is 45.2 Å². The SMILES string of the molecule is Cc1cccc(-c2sc(C)nc2C(=O)N2[C@H](CNC(=O)c3cccc4c3C=CCO4)C[C@@H]3C[C@@H]32)c1. The summed E-state index contributed by atoms with van der Waals surface area (Å²) in [5.41, 5.74) is 4.11. The van der Waals surface area contributed by atoms with E-state index >= 15 is 0 Å². The molecule has 2 aliphatic heterocycles. The number of hydrogen-bond donors (Lipinski definition) is 1. The predicted molar refractivity (Wildman–Crippen MR) is 137 cm³/mol. The smallest absolute Gasteiger partial charge is 0.274 e. The Morgan fingerprint density at radius 1 is 1.17 bits per heavy atom. The molecule has 0 radical (unpaired) electrons. The molecule has 1 saturated carbocycles. The van der Waals surface area contributed by atoms with Crippen molar-refractivity contribution in [1.29, 1.82) is 0 Å². The van der Waals surface area contributed by atoms with Crippen LogP contribution in [0.4, 0.5) is 0 Å². The van der Waals surface area contributed by atoms with Crippen molar-refractivity contribution in [3.05, 3.63) is 75.9 Å². The third-order valence-electron chi connectivity index (χ3n) is 7.09. The Labute approximate surface area is 208 Å². The minimum atomic E-state index is -0.144. The van der Waals surface area contributed by atoms with Crippen LogP contribution >= 0.6 is 11.3 Å². The number of likely N-dealkylation sites (tertiary alicyclic amines) is 1. The molecule has 0 unspecified atom stereocenters. The topological polar surface area (TPSA) is 71.5 Å². The van der Waals surface area contributed by atoms with Gasteiger partial charge in [0.2, 0.25) is 0 Å². The number of carbonyl (C=O) groups is 2. The average molecular weight is 486 g/mol. The van der Waals surface area contributed by atoms with Crippen LogP contribution in [0.1, 0.15) is 49.8 Å².